The average Bonchev–Trinajstić information content (AvgIpc) is 3.34. The van der Waals surface area contributed by atoms with Crippen LogP contribution in [0.2, 0.25) is 0 Å². The third-order valence-electron chi connectivity index (χ3n) is 9.76. The van der Waals surface area contributed by atoms with Gasteiger partial charge < -0.3 is 5.11 Å². The van der Waals surface area contributed by atoms with Crippen molar-refractivity contribution in [3.05, 3.63) is 18.7 Å². The van der Waals surface area contributed by atoms with Crippen LogP contribution in [0.4, 0.5) is 0 Å². The van der Waals surface area contributed by atoms with Crippen LogP contribution in [0, 0.1) is 35.0 Å². The Morgan fingerprint density at radius 2 is 1.94 bits per heavy atom. The Bertz CT molecular complexity index is 958. The molecule has 3 aliphatic carbocycles. The van der Waals surface area contributed by atoms with Crippen molar-refractivity contribution in [1.29, 1.82) is 0 Å². The van der Waals surface area contributed by atoms with Gasteiger partial charge in [0.25, 0.3) is 0 Å². The van der Waals surface area contributed by atoms with E-state index >= 15 is 0 Å². The molecule has 1 N–H and O–H groups in total. The Hall–Kier alpha value is -1.82. The predicted octanol–water partition coefficient (Wildman–Crippen LogP) is 5.20. The summed E-state index contributed by atoms with van der Waals surface area (Å²) in [6.45, 7) is 7.08. The van der Waals surface area contributed by atoms with Crippen molar-refractivity contribution in [2.75, 3.05) is 0 Å². The lowest BCUT2D eigenvalue weighted by Gasteiger charge is -2.52. The average molecular weight is 453 g/mol. The molecule has 5 atom stereocenters. The summed E-state index contributed by atoms with van der Waals surface area (Å²) in [5.74, 6) is 3.36. The summed E-state index contributed by atoms with van der Waals surface area (Å²) in [6, 6.07) is 0. The molecule has 6 heteroatoms. The summed E-state index contributed by atoms with van der Waals surface area (Å²) in [4.78, 5) is 21.8. The van der Waals surface area contributed by atoms with E-state index in [1.54, 1.807) is 10.9 Å². The summed E-state index contributed by atoms with van der Waals surface area (Å²) in [6.07, 6.45) is 16.5. The second kappa shape index (κ2) is 8.75. The summed E-state index contributed by atoms with van der Waals surface area (Å²) < 4.78 is 1.77. The molecule has 3 saturated carbocycles. The molecule has 2 aromatic rings. The van der Waals surface area contributed by atoms with Crippen LogP contribution in [0.15, 0.2) is 18.7 Å². The molecule has 3 aliphatic rings. The zero-order valence-electron chi connectivity index (χ0n) is 20.5. The van der Waals surface area contributed by atoms with Crippen molar-refractivity contribution < 1.29 is 9.90 Å². The smallest absolute Gasteiger partial charge is 0.184 e. The van der Waals surface area contributed by atoms with Crippen LogP contribution in [0.25, 0.3) is 11.0 Å². The fourth-order valence-electron chi connectivity index (χ4n) is 8.04. The van der Waals surface area contributed by atoms with Gasteiger partial charge in [-0.1, -0.05) is 26.7 Å². The molecule has 6 nitrogen and oxygen atoms in total. The lowest BCUT2D eigenvalue weighted by atomic mass is 9.53. The Balaban J connectivity index is 1.31. The van der Waals surface area contributed by atoms with Crippen molar-refractivity contribution in [2.45, 2.75) is 97.1 Å². The molecule has 33 heavy (non-hydrogen) atoms. The zero-order valence-corrected chi connectivity index (χ0v) is 20.5. The van der Waals surface area contributed by atoms with Crippen LogP contribution < -0.4 is 0 Å². The number of hydrogen-bond donors (Lipinski definition) is 1. The third kappa shape index (κ3) is 4.24. The van der Waals surface area contributed by atoms with Gasteiger partial charge in [0.1, 0.15) is 6.33 Å². The summed E-state index contributed by atoms with van der Waals surface area (Å²) in [5.41, 5.74) is 0.302. The lowest BCUT2D eigenvalue weighted by molar-refractivity contribution is -0.130. The van der Waals surface area contributed by atoms with Crippen molar-refractivity contribution in [3.8, 4) is 0 Å². The molecule has 2 aromatic heterocycles. The first kappa shape index (κ1) is 22.9. The van der Waals surface area contributed by atoms with Crippen LogP contribution in [-0.4, -0.2) is 36.2 Å². The number of aromatic nitrogens is 4. The van der Waals surface area contributed by atoms with Gasteiger partial charge in [-0.2, -0.15) is 5.10 Å². The molecule has 0 saturated heterocycles. The molecule has 0 bridgehead atoms. The van der Waals surface area contributed by atoms with E-state index in [0.717, 1.165) is 42.4 Å². The number of nitrogens with zero attached hydrogens (tertiary/aromatic N) is 4. The van der Waals surface area contributed by atoms with Crippen LogP contribution in [0.3, 0.4) is 0 Å². The van der Waals surface area contributed by atoms with E-state index in [1.807, 2.05) is 13.1 Å². The van der Waals surface area contributed by atoms with Crippen LogP contribution in [-0.2, 0) is 11.3 Å². The first-order chi connectivity index (χ1) is 15.8. The minimum absolute atomic E-state index is 0.111. The Morgan fingerprint density at radius 3 is 2.67 bits per heavy atom. The minimum Gasteiger partial charge on any atom is -0.390 e. The van der Waals surface area contributed by atoms with Gasteiger partial charge in [0.05, 0.1) is 17.5 Å². The van der Waals surface area contributed by atoms with Gasteiger partial charge in [-0.05, 0) is 87.4 Å². The quantitative estimate of drug-likeness (QED) is 0.652. The zero-order chi connectivity index (χ0) is 23.2. The second-order valence-corrected chi connectivity index (χ2v) is 11.8. The SMILES string of the molecule is CCC[C@@H]1[C@@H](C2CCC(C)(O)CC2)CC[C@]2(C)[C@@H](C(=O)Cn3cc4cncnc4n3)CC[C@@H]12. The highest BCUT2D eigenvalue weighted by molar-refractivity contribution is 5.82. The Kier molecular flexibility index (Phi) is 6.09. The fourth-order valence-corrected chi connectivity index (χ4v) is 8.04. The summed E-state index contributed by atoms with van der Waals surface area (Å²) in [5, 5.41) is 15.9. The summed E-state index contributed by atoms with van der Waals surface area (Å²) >= 11 is 0. The monoisotopic (exact) mass is 452 g/mol. The van der Waals surface area contributed by atoms with Gasteiger partial charge >= 0.3 is 0 Å². The van der Waals surface area contributed by atoms with Crippen molar-refractivity contribution in [3.63, 3.8) is 0 Å². The van der Waals surface area contributed by atoms with E-state index in [0.29, 0.717) is 23.9 Å². The first-order valence-corrected chi connectivity index (χ1v) is 13.2. The van der Waals surface area contributed by atoms with Crippen LogP contribution >= 0.6 is 0 Å². The second-order valence-electron chi connectivity index (χ2n) is 11.8. The topological polar surface area (TPSA) is 80.9 Å². The van der Waals surface area contributed by atoms with Crippen molar-refractivity contribution in [1.82, 2.24) is 19.7 Å². The molecule has 3 fully saturated rings. The number of carbonyl (C=O) groups is 1. The maximum atomic E-state index is 13.5. The molecular formula is C27H40N4O2. The number of fused-ring (bicyclic) bond motifs is 2. The molecule has 0 unspecified atom stereocenters. The Labute approximate surface area is 197 Å². The van der Waals surface area contributed by atoms with Crippen LogP contribution in [0.1, 0.15) is 85.0 Å². The number of rotatable bonds is 6. The number of aliphatic hydroxyl groups is 1. The maximum absolute atomic E-state index is 13.5. The predicted molar refractivity (Wildman–Crippen MR) is 128 cm³/mol. The van der Waals surface area contributed by atoms with Crippen molar-refractivity contribution >= 4 is 16.8 Å². The summed E-state index contributed by atoms with van der Waals surface area (Å²) in [7, 11) is 0. The molecule has 0 radical (unpaired) electrons. The highest BCUT2D eigenvalue weighted by Gasteiger charge is 2.56. The van der Waals surface area contributed by atoms with Gasteiger partial charge in [-0.15, -0.1) is 0 Å². The van der Waals surface area contributed by atoms with Gasteiger partial charge in [-0.3, -0.25) is 9.48 Å². The molecule has 2 heterocycles. The molecule has 0 spiro atoms. The standard InChI is InChI=1S/C27H40N4O2/c1-4-5-21-20(18-8-11-26(2,33)12-9-18)10-13-27(3)22(21)6-7-23(27)24(32)16-31-15-19-14-28-17-29-25(19)30-31/h14-15,17-18,20-23,33H,4-13,16H2,1-3H3/t18?,20-,21-,22+,23-,26?,27+/m1/s1. The van der Waals surface area contributed by atoms with E-state index in [4.69, 9.17) is 0 Å². The lowest BCUT2D eigenvalue weighted by Crippen LogP contribution is -2.46. The molecule has 0 aliphatic heterocycles. The number of ketones is 1. The van der Waals surface area contributed by atoms with Gasteiger partial charge in [0.15, 0.2) is 11.4 Å². The maximum Gasteiger partial charge on any atom is 0.184 e. The first-order valence-electron chi connectivity index (χ1n) is 13.2. The molecular weight excluding hydrogens is 412 g/mol. The normalized spacial score (nSPS) is 39.0. The molecule has 0 aromatic carbocycles. The van der Waals surface area contributed by atoms with E-state index in [-0.39, 0.29) is 11.3 Å². The van der Waals surface area contributed by atoms with E-state index < -0.39 is 5.60 Å². The van der Waals surface area contributed by atoms with E-state index in [9.17, 15) is 9.90 Å². The minimum atomic E-state index is -0.465. The highest BCUT2D eigenvalue weighted by Crippen LogP contribution is 2.62. The third-order valence-corrected chi connectivity index (χ3v) is 9.76. The Morgan fingerprint density at radius 1 is 1.15 bits per heavy atom. The van der Waals surface area contributed by atoms with Gasteiger partial charge in [0, 0.05) is 18.3 Å². The number of Topliss-reactive ketones (excluding diaryl/α,β-unsaturated/α-hetero) is 1. The van der Waals surface area contributed by atoms with E-state index in [2.05, 4.69) is 28.9 Å². The fraction of sp³-hybridized carbons (Fsp3) is 0.778. The van der Waals surface area contributed by atoms with Crippen LogP contribution in [0.5, 0.6) is 0 Å². The van der Waals surface area contributed by atoms with Crippen molar-refractivity contribution in [2.24, 2.45) is 35.0 Å². The number of hydrogen-bond acceptors (Lipinski definition) is 5. The van der Waals surface area contributed by atoms with Gasteiger partial charge in [-0.25, -0.2) is 9.97 Å². The highest BCUT2D eigenvalue weighted by atomic mass is 16.3. The number of carbonyl (C=O) groups excluding carboxylic acids is 1. The van der Waals surface area contributed by atoms with Gasteiger partial charge in [0.2, 0.25) is 0 Å². The van der Waals surface area contributed by atoms with E-state index in [1.165, 1.54) is 51.3 Å². The molecule has 5 rings (SSSR count). The molecule has 180 valence electrons. The largest absolute Gasteiger partial charge is 0.390 e. The molecule has 0 amide bonds.